The highest BCUT2D eigenvalue weighted by Gasteiger charge is 2.34. The summed E-state index contributed by atoms with van der Waals surface area (Å²) >= 11 is 0. The fourth-order valence-electron chi connectivity index (χ4n) is 2.62. The van der Waals surface area contributed by atoms with E-state index in [2.05, 4.69) is 26.1 Å². The predicted molar refractivity (Wildman–Crippen MR) is 79.6 cm³/mol. The Labute approximate surface area is 120 Å². The van der Waals surface area contributed by atoms with Crippen LogP contribution in [0.3, 0.4) is 0 Å². The molecule has 4 nitrogen and oxygen atoms in total. The van der Waals surface area contributed by atoms with Crippen LogP contribution in [0.15, 0.2) is 24.3 Å². The minimum atomic E-state index is -0.402. The number of aryl methyl sites for hydroxylation is 1. The summed E-state index contributed by atoms with van der Waals surface area (Å²) in [4.78, 5) is 26.1. The van der Waals surface area contributed by atoms with E-state index in [4.69, 9.17) is 0 Å². The van der Waals surface area contributed by atoms with Gasteiger partial charge in [0.05, 0.1) is 0 Å². The monoisotopic (exact) mass is 274 g/mol. The van der Waals surface area contributed by atoms with Crippen molar-refractivity contribution in [1.82, 2.24) is 5.32 Å². The van der Waals surface area contributed by atoms with Gasteiger partial charge in [-0.1, -0.05) is 39.0 Å². The maximum Gasteiger partial charge on any atom is 0.250 e. The second kappa shape index (κ2) is 6.07. The van der Waals surface area contributed by atoms with Crippen LogP contribution in [0.4, 0.5) is 5.69 Å². The molecular weight excluding hydrogens is 252 g/mol. The average Bonchev–Trinajstić information content (AvgIpc) is 2.42. The van der Waals surface area contributed by atoms with Crippen molar-refractivity contribution in [1.29, 1.82) is 0 Å². The van der Waals surface area contributed by atoms with Crippen molar-refractivity contribution in [2.24, 2.45) is 5.92 Å². The van der Waals surface area contributed by atoms with Crippen molar-refractivity contribution in [3.05, 3.63) is 29.8 Å². The summed E-state index contributed by atoms with van der Waals surface area (Å²) in [5, 5.41) is 2.80. The Morgan fingerprint density at radius 3 is 2.65 bits per heavy atom. The minimum absolute atomic E-state index is 0.000741. The van der Waals surface area contributed by atoms with Crippen LogP contribution in [0.2, 0.25) is 0 Å². The lowest BCUT2D eigenvalue weighted by Gasteiger charge is -2.34. The van der Waals surface area contributed by atoms with Gasteiger partial charge in [0.15, 0.2) is 0 Å². The van der Waals surface area contributed by atoms with Gasteiger partial charge in [0.2, 0.25) is 11.8 Å². The van der Waals surface area contributed by atoms with Gasteiger partial charge in [-0.3, -0.25) is 9.59 Å². The summed E-state index contributed by atoms with van der Waals surface area (Å²) in [6.07, 6.45) is 1.52. The third-order valence-corrected chi connectivity index (χ3v) is 3.57. The van der Waals surface area contributed by atoms with Crippen LogP contribution >= 0.6 is 0 Å². The number of carbonyl (C=O) groups is 2. The first-order valence-electron chi connectivity index (χ1n) is 7.21. The normalized spacial score (nSPS) is 19.4. The number of carbonyl (C=O) groups excluding carboxylic acids is 2. The standard InChI is InChI=1S/C16H22N2O2/c1-4-12-7-5-6-8-14(12)18-10-15(19)17-13(16(18)20)9-11(2)3/h5-8,11,13H,4,9-10H2,1-3H3,(H,17,19). The third-order valence-electron chi connectivity index (χ3n) is 3.57. The van der Waals surface area contributed by atoms with E-state index in [1.54, 1.807) is 4.90 Å². The zero-order valence-corrected chi connectivity index (χ0v) is 12.3. The maximum atomic E-state index is 12.6. The Bertz CT molecular complexity index is 511. The van der Waals surface area contributed by atoms with Crippen LogP contribution in [0.5, 0.6) is 0 Å². The van der Waals surface area contributed by atoms with Crippen molar-refractivity contribution < 1.29 is 9.59 Å². The summed E-state index contributed by atoms with van der Waals surface area (Å²) in [5.41, 5.74) is 1.96. The van der Waals surface area contributed by atoms with Gasteiger partial charge in [0.25, 0.3) is 0 Å². The summed E-state index contributed by atoms with van der Waals surface area (Å²) in [6, 6.07) is 7.39. The van der Waals surface area contributed by atoms with E-state index in [0.717, 1.165) is 17.7 Å². The topological polar surface area (TPSA) is 49.4 Å². The molecule has 1 aliphatic heterocycles. The van der Waals surface area contributed by atoms with Crippen LogP contribution in [-0.2, 0) is 16.0 Å². The number of hydrogen-bond acceptors (Lipinski definition) is 2. The highest BCUT2D eigenvalue weighted by Crippen LogP contribution is 2.24. The number of nitrogens with zero attached hydrogens (tertiary/aromatic N) is 1. The van der Waals surface area contributed by atoms with Gasteiger partial charge >= 0.3 is 0 Å². The molecule has 4 heteroatoms. The summed E-state index contributed by atoms with van der Waals surface area (Å²) in [5.74, 6) is 0.283. The van der Waals surface area contributed by atoms with Gasteiger partial charge in [-0.15, -0.1) is 0 Å². The van der Waals surface area contributed by atoms with Gasteiger partial charge in [-0.2, -0.15) is 0 Å². The zero-order chi connectivity index (χ0) is 14.7. The lowest BCUT2D eigenvalue weighted by atomic mass is 9.99. The Balaban J connectivity index is 2.30. The number of benzene rings is 1. The van der Waals surface area contributed by atoms with Crippen molar-refractivity contribution in [3.8, 4) is 0 Å². The molecule has 1 atom stereocenters. The first-order chi connectivity index (χ1) is 9.52. The second-order valence-corrected chi connectivity index (χ2v) is 5.66. The zero-order valence-electron chi connectivity index (χ0n) is 12.3. The molecule has 2 amide bonds. The minimum Gasteiger partial charge on any atom is -0.343 e. The fourth-order valence-corrected chi connectivity index (χ4v) is 2.62. The van der Waals surface area contributed by atoms with Crippen LogP contribution in [0.25, 0.3) is 0 Å². The fraction of sp³-hybridized carbons (Fsp3) is 0.500. The van der Waals surface area contributed by atoms with Crippen LogP contribution in [0, 0.1) is 5.92 Å². The van der Waals surface area contributed by atoms with Gasteiger partial charge in [0, 0.05) is 5.69 Å². The van der Waals surface area contributed by atoms with E-state index >= 15 is 0 Å². The Morgan fingerprint density at radius 2 is 2.00 bits per heavy atom. The van der Waals surface area contributed by atoms with Crippen molar-refractivity contribution in [2.45, 2.75) is 39.7 Å². The summed E-state index contributed by atoms with van der Waals surface area (Å²) in [7, 11) is 0. The first-order valence-corrected chi connectivity index (χ1v) is 7.21. The molecule has 1 N–H and O–H groups in total. The molecule has 1 fully saturated rings. The lowest BCUT2D eigenvalue weighted by Crippen LogP contribution is -2.58. The highest BCUT2D eigenvalue weighted by molar-refractivity contribution is 6.06. The van der Waals surface area contributed by atoms with E-state index < -0.39 is 6.04 Å². The van der Waals surface area contributed by atoms with Crippen molar-refractivity contribution >= 4 is 17.5 Å². The lowest BCUT2D eigenvalue weighted by molar-refractivity contribution is -0.131. The Morgan fingerprint density at radius 1 is 1.30 bits per heavy atom. The molecule has 1 saturated heterocycles. The smallest absolute Gasteiger partial charge is 0.250 e. The quantitative estimate of drug-likeness (QED) is 0.914. The molecule has 20 heavy (non-hydrogen) atoms. The molecule has 0 radical (unpaired) electrons. The molecule has 0 aliphatic carbocycles. The van der Waals surface area contributed by atoms with Gasteiger partial charge in [-0.25, -0.2) is 0 Å². The SMILES string of the molecule is CCc1ccccc1N1CC(=O)NC(CC(C)C)C1=O. The molecule has 1 heterocycles. The molecule has 2 rings (SSSR count). The molecule has 0 aromatic heterocycles. The summed E-state index contributed by atoms with van der Waals surface area (Å²) in [6.45, 7) is 6.28. The van der Waals surface area contributed by atoms with Crippen LogP contribution in [-0.4, -0.2) is 24.4 Å². The second-order valence-electron chi connectivity index (χ2n) is 5.66. The Kier molecular flexibility index (Phi) is 4.42. The van der Waals surface area contributed by atoms with Crippen molar-refractivity contribution in [3.63, 3.8) is 0 Å². The number of anilines is 1. The number of piperazine rings is 1. The molecular formula is C16H22N2O2. The third kappa shape index (κ3) is 3.00. The molecule has 1 aromatic rings. The molecule has 0 bridgehead atoms. The van der Waals surface area contributed by atoms with E-state index in [-0.39, 0.29) is 18.4 Å². The maximum absolute atomic E-state index is 12.6. The highest BCUT2D eigenvalue weighted by atomic mass is 16.2. The number of hydrogen-bond donors (Lipinski definition) is 1. The van der Waals surface area contributed by atoms with E-state index in [1.807, 2.05) is 24.3 Å². The molecule has 108 valence electrons. The molecule has 1 aliphatic rings. The molecule has 0 spiro atoms. The van der Waals surface area contributed by atoms with Gasteiger partial charge in [0.1, 0.15) is 12.6 Å². The largest absolute Gasteiger partial charge is 0.343 e. The van der Waals surface area contributed by atoms with Gasteiger partial charge < -0.3 is 10.2 Å². The number of para-hydroxylation sites is 1. The predicted octanol–water partition coefficient (Wildman–Crippen LogP) is 2.13. The van der Waals surface area contributed by atoms with E-state index in [1.165, 1.54) is 0 Å². The first kappa shape index (κ1) is 14.6. The van der Waals surface area contributed by atoms with Crippen LogP contribution in [0.1, 0.15) is 32.8 Å². The number of nitrogens with one attached hydrogen (secondary N) is 1. The molecule has 0 saturated carbocycles. The Hall–Kier alpha value is -1.84. The van der Waals surface area contributed by atoms with Crippen LogP contribution < -0.4 is 10.2 Å². The number of amides is 2. The molecule has 1 aromatic carbocycles. The van der Waals surface area contributed by atoms with Gasteiger partial charge in [-0.05, 0) is 30.4 Å². The number of rotatable bonds is 4. The average molecular weight is 274 g/mol. The summed E-state index contributed by atoms with van der Waals surface area (Å²) < 4.78 is 0. The van der Waals surface area contributed by atoms with E-state index in [9.17, 15) is 9.59 Å². The van der Waals surface area contributed by atoms with E-state index in [0.29, 0.717) is 12.3 Å². The molecule has 1 unspecified atom stereocenters. The van der Waals surface area contributed by atoms with Crippen molar-refractivity contribution in [2.75, 3.05) is 11.4 Å².